The first-order chi connectivity index (χ1) is 9.65. The Morgan fingerprint density at radius 1 is 1.10 bits per heavy atom. The van der Waals surface area contributed by atoms with Crippen molar-refractivity contribution < 1.29 is 9.18 Å². The van der Waals surface area contributed by atoms with Crippen LogP contribution < -0.4 is 5.56 Å². The number of hydrogen-bond donors (Lipinski definition) is 0. The fraction of sp³-hybridized carbons (Fsp3) is 0.0667. The Morgan fingerprint density at radius 3 is 2.50 bits per heavy atom. The van der Waals surface area contributed by atoms with Gasteiger partial charge in [-0.15, -0.1) is 0 Å². The number of rotatable bonds is 2. The van der Waals surface area contributed by atoms with Crippen LogP contribution in [0.3, 0.4) is 0 Å². The molecule has 0 radical (unpaired) electrons. The fourth-order valence-electron chi connectivity index (χ4n) is 1.98. The maximum Gasteiger partial charge on any atom is 0.275 e. The van der Waals surface area contributed by atoms with Crippen LogP contribution in [-0.4, -0.2) is 9.86 Å². The lowest BCUT2D eigenvalue weighted by atomic mass is 10.1. The Kier molecular flexibility index (Phi) is 3.20. The van der Waals surface area contributed by atoms with Crippen molar-refractivity contribution in [2.45, 2.75) is 6.42 Å². The molecule has 0 N–H and O–H groups in total. The number of nitrogens with zero attached hydrogens (tertiary/aromatic N) is 1. The van der Waals surface area contributed by atoms with Gasteiger partial charge in [-0.1, -0.05) is 24.3 Å². The largest absolute Gasteiger partial charge is 0.275 e. The van der Waals surface area contributed by atoms with Crippen LogP contribution in [0.2, 0.25) is 0 Å². The first-order valence-electron chi connectivity index (χ1n) is 6.04. The first-order valence-corrected chi connectivity index (χ1v) is 6.81. The Balaban J connectivity index is 1.94. The van der Waals surface area contributed by atoms with Crippen molar-refractivity contribution in [1.29, 1.82) is 0 Å². The lowest BCUT2D eigenvalue weighted by Crippen LogP contribution is -2.22. The van der Waals surface area contributed by atoms with Gasteiger partial charge in [-0.2, -0.15) is 3.96 Å². The van der Waals surface area contributed by atoms with E-state index < -0.39 is 0 Å². The average molecular weight is 287 g/mol. The van der Waals surface area contributed by atoms with Crippen molar-refractivity contribution in [2.75, 3.05) is 0 Å². The summed E-state index contributed by atoms with van der Waals surface area (Å²) < 4.78 is 14.8. The van der Waals surface area contributed by atoms with Gasteiger partial charge in [0.2, 0.25) is 5.91 Å². The Bertz CT molecular complexity index is 833. The van der Waals surface area contributed by atoms with E-state index in [1.807, 2.05) is 12.1 Å². The summed E-state index contributed by atoms with van der Waals surface area (Å²) in [6.07, 6.45) is 0.0764. The molecule has 2 aromatic carbocycles. The predicted octanol–water partition coefficient (Wildman–Crippen LogP) is 3.09. The minimum Gasteiger partial charge on any atom is -0.273 e. The first kappa shape index (κ1) is 12.7. The van der Waals surface area contributed by atoms with E-state index in [1.54, 1.807) is 24.3 Å². The molecule has 3 aromatic rings. The smallest absolute Gasteiger partial charge is 0.273 e. The minimum absolute atomic E-state index is 0.0764. The molecule has 0 bridgehead atoms. The van der Waals surface area contributed by atoms with Crippen molar-refractivity contribution >= 4 is 27.5 Å². The molecular formula is C15H10FNO2S. The van der Waals surface area contributed by atoms with Crippen LogP contribution in [0.4, 0.5) is 4.39 Å². The number of carbonyl (C=O) groups is 1. The average Bonchev–Trinajstić information content (AvgIpc) is 2.79. The van der Waals surface area contributed by atoms with Crippen molar-refractivity contribution in [2.24, 2.45) is 0 Å². The highest BCUT2D eigenvalue weighted by molar-refractivity contribution is 7.14. The highest BCUT2D eigenvalue weighted by Gasteiger charge is 2.13. The molecule has 1 aromatic heterocycles. The van der Waals surface area contributed by atoms with E-state index in [4.69, 9.17) is 0 Å². The van der Waals surface area contributed by atoms with Gasteiger partial charge in [-0.05, 0) is 41.4 Å². The van der Waals surface area contributed by atoms with Gasteiger partial charge in [0.1, 0.15) is 5.82 Å². The molecule has 0 fully saturated rings. The molecule has 0 spiro atoms. The zero-order chi connectivity index (χ0) is 14.1. The van der Waals surface area contributed by atoms with Gasteiger partial charge < -0.3 is 0 Å². The lowest BCUT2D eigenvalue weighted by Gasteiger charge is -2.00. The molecule has 3 nitrogen and oxygen atoms in total. The molecule has 0 aliphatic rings. The van der Waals surface area contributed by atoms with Crippen LogP contribution in [0.15, 0.2) is 53.3 Å². The van der Waals surface area contributed by atoms with Crippen LogP contribution in [0.1, 0.15) is 10.4 Å². The van der Waals surface area contributed by atoms with Crippen LogP contribution in [-0.2, 0) is 6.42 Å². The van der Waals surface area contributed by atoms with Gasteiger partial charge in [-0.3, -0.25) is 9.59 Å². The zero-order valence-corrected chi connectivity index (χ0v) is 11.2. The van der Waals surface area contributed by atoms with Gasteiger partial charge in [0.15, 0.2) is 0 Å². The summed E-state index contributed by atoms with van der Waals surface area (Å²) in [6.45, 7) is 0. The normalized spacial score (nSPS) is 10.8. The van der Waals surface area contributed by atoms with Crippen molar-refractivity contribution in [3.05, 3.63) is 70.3 Å². The Hall–Kier alpha value is -2.27. The number of halogens is 1. The molecule has 0 amide bonds. The van der Waals surface area contributed by atoms with Crippen LogP contribution in [0.5, 0.6) is 0 Å². The molecule has 0 unspecified atom stereocenters. The highest BCUT2D eigenvalue weighted by atomic mass is 32.1. The van der Waals surface area contributed by atoms with Crippen LogP contribution in [0.25, 0.3) is 10.1 Å². The highest BCUT2D eigenvalue weighted by Crippen LogP contribution is 2.16. The third kappa shape index (κ3) is 2.28. The van der Waals surface area contributed by atoms with Crippen molar-refractivity contribution in [1.82, 2.24) is 3.96 Å². The second-order valence-electron chi connectivity index (χ2n) is 4.38. The van der Waals surface area contributed by atoms with E-state index in [0.29, 0.717) is 10.9 Å². The minimum atomic E-state index is -0.347. The summed E-state index contributed by atoms with van der Waals surface area (Å²) in [7, 11) is 0. The molecule has 100 valence electrons. The lowest BCUT2D eigenvalue weighted by molar-refractivity contribution is 0.0923. The molecule has 0 atom stereocenters. The van der Waals surface area contributed by atoms with Crippen molar-refractivity contribution in [3.63, 3.8) is 0 Å². The molecule has 0 saturated carbocycles. The quantitative estimate of drug-likeness (QED) is 0.726. The number of benzene rings is 2. The standard InChI is InChI=1S/C15H10FNO2S/c16-11-7-5-10(6-8-11)9-14(18)17-15(19)12-3-1-2-4-13(12)20-17/h1-8H,9H2. The summed E-state index contributed by atoms with van der Waals surface area (Å²) in [5.74, 6) is -0.650. The molecule has 20 heavy (non-hydrogen) atoms. The summed E-state index contributed by atoms with van der Waals surface area (Å²) in [4.78, 5) is 24.3. The summed E-state index contributed by atoms with van der Waals surface area (Å²) in [5.41, 5.74) is 0.387. The van der Waals surface area contributed by atoms with Crippen LogP contribution in [0, 0.1) is 5.82 Å². The van der Waals surface area contributed by atoms with E-state index in [2.05, 4.69) is 0 Å². The number of hydrogen-bond acceptors (Lipinski definition) is 3. The molecular weight excluding hydrogens is 277 g/mol. The monoisotopic (exact) mass is 287 g/mol. The van der Waals surface area contributed by atoms with E-state index in [0.717, 1.165) is 20.2 Å². The third-order valence-corrected chi connectivity index (χ3v) is 4.09. The van der Waals surface area contributed by atoms with E-state index >= 15 is 0 Å². The van der Waals surface area contributed by atoms with Gasteiger partial charge in [0, 0.05) is 0 Å². The maximum atomic E-state index is 12.8. The summed E-state index contributed by atoms with van der Waals surface area (Å²) >= 11 is 1.13. The SMILES string of the molecule is O=C(Cc1ccc(F)cc1)n1sc2ccccc2c1=O. The molecule has 0 aliphatic heterocycles. The maximum absolute atomic E-state index is 12.8. The number of fused-ring (bicyclic) bond motifs is 1. The summed E-state index contributed by atoms with van der Waals surface area (Å²) in [6, 6.07) is 12.8. The van der Waals surface area contributed by atoms with Gasteiger partial charge in [0.25, 0.3) is 5.56 Å². The van der Waals surface area contributed by atoms with E-state index in [9.17, 15) is 14.0 Å². The van der Waals surface area contributed by atoms with Gasteiger partial charge >= 0.3 is 0 Å². The molecule has 3 rings (SSSR count). The second kappa shape index (κ2) is 5.02. The van der Waals surface area contributed by atoms with Gasteiger partial charge in [0.05, 0.1) is 16.5 Å². The molecule has 0 aliphatic carbocycles. The topological polar surface area (TPSA) is 39.1 Å². The summed E-state index contributed by atoms with van der Waals surface area (Å²) in [5, 5.41) is 0.546. The molecule has 0 saturated heterocycles. The van der Waals surface area contributed by atoms with Crippen molar-refractivity contribution in [3.8, 4) is 0 Å². The Morgan fingerprint density at radius 2 is 1.80 bits per heavy atom. The predicted molar refractivity (Wildman–Crippen MR) is 76.8 cm³/mol. The number of carbonyl (C=O) groups excluding carboxylic acids is 1. The van der Waals surface area contributed by atoms with E-state index in [1.165, 1.54) is 12.1 Å². The van der Waals surface area contributed by atoms with E-state index in [-0.39, 0.29) is 23.7 Å². The van der Waals surface area contributed by atoms with Gasteiger partial charge in [-0.25, -0.2) is 4.39 Å². The molecule has 5 heteroatoms. The molecule has 1 heterocycles. The third-order valence-electron chi connectivity index (χ3n) is 2.99. The zero-order valence-electron chi connectivity index (χ0n) is 10.4. The Labute approximate surface area is 118 Å². The number of aromatic nitrogens is 1. The second-order valence-corrected chi connectivity index (χ2v) is 5.37. The fourth-order valence-corrected chi connectivity index (χ4v) is 2.92. The van der Waals surface area contributed by atoms with Crippen LogP contribution >= 0.6 is 11.5 Å².